The van der Waals surface area contributed by atoms with Gasteiger partial charge in [-0.1, -0.05) is 35.4 Å². The minimum absolute atomic E-state index is 0.284. The van der Waals surface area contributed by atoms with Gasteiger partial charge < -0.3 is 31.3 Å². The number of benzene rings is 5. The minimum Gasteiger partial charge on any atom is -0.478 e. The third-order valence-electron chi connectivity index (χ3n) is 14.1. The Kier molecular flexibility index (Phi) is 12.3. The molecule has 2 aliphatic rings. The van der Waals surface area contributed by atoms with Gasteiger partial charge in [-0.25, -0.2) is 9.59 Å². The molecular formula is C53H59F3N4O8. The van der Waals surface area contributed by atoms with Crippen LogP contribution in [0.25, 0.3) is 32.7 Å². The highest BCUT2D eigenvalue weighted by molar-refractivity contribution is 6.12. The Morgan fingerprint density at radius 2 is 0.956 bits per heavy atom. The summed E-state index contributed by atoms with van der Waals surface area (Å²) in [6.07, 6.45) is -3.05. The van der Waals surface area contributed by atoms with Crippen LogP contribution in [-0.4, -0.2) is 89.8 Å². The fourth-order valence-electron chi connectivity index (χ4n) is 11.0. The van der Waals surface area contributed by atoms with Crippen molar-refractivity contribution in [2.75, 3.05) is 17.7 Å². The molecule has 2 aliphatic heterocycles. The molecule has 0 aliphatic carbocycles. The maximum absolute atomic E-state index is 15.3. The Balaban J connectivity index is 1.46. The van der Waals surface area contributed by atoms with E-state index in [0.717, 1.165) is 99.1 Å². The van der Waals surface area contributed by atoms with Crippen molar-refractivity contribution in [3.63, 3.8) is 0 Å². The summed E-state index contributed by atoms with van der Waals surface area (Å²) in [5.74, 6) is -4.85. The molecule has 5 aromatic carbocycles. The van der Waals surface area contributed by atoms with Crippen LogP contribution < -0.4 is 21.1 Å². The number of carboxylic acids is 2. The predicted molar refractivity (Wildman–Crippen MR) is 256 cm³/mol. The molecule has 7 rings (SSSR count). The van der Waals surface area contributed by atoms with E-state index in [0.29, 0.717) is 25.7 Å². The van der Waals surface area contributed by atoms with Gasteiger partial charge in [0, 0.05) is 46.1 Å². The van der Waals surface area contributed by atoms with Crippen molar-refractivity contribution < 1.29 is 53.0 Å². The van der Waals surface area contributed by atoms with Crippen molar-refractivity contribution in [3.8, 4) is 0 Å². The van der Waals surface area contributed by atoms with E-state index in [4.69, 9.17) is 0 Å². The second-order valence-corrected chi connectivity index (χ2v) is 21.1. The number of carboxylic acid groups (broad SMARTS) is 2. The van der Waals surface area contributed by atoms with Gasteiger partial charge in [0.25, 0.3) is 5.91 Å². The maximum Gasteiger partial charge on any atom is 0.402 e. The first kappa shape index (κ1) is 49.8. The molecule has 68 heavy (non-hydrogen) atoms. The van der Waals surface area contributed by atoms with E-state index in [9.17, 15) is 39.8 Å². The molecule has 0 radical (unpaired) electrons. The van der Waals surface area contributed by atoms with Crippen LogP contribution in [0.1, 0.15) is 147 Å². The number of nitrogens with zero attached hydrogens (tertiary/aromatic N) is 2. The number of piperidine rings is 2. The standard InChI is InChI=1S/C53H59F3N4O8/c1-28(61)39-20-31(13-17-38(39)46(63)64)52(10,53(54,55)56)32-12-16-37(42(21-32)47(65)66)45(62)58-34-15-19-36-41(23-34)44(30-26-50(6,7)60(68)51(8,9)27-30)35-18-14-33(57-11)22-40(35)43(36)29-24-48(2,3)59(67)49(4,5)25-29/h12-23,57,67-68H,24-27H2,1-11H3,(H,58,62)(H,63,64)(H,65,66). The van der Waals surface area contributed by atoms with Gasteiger partial charge in [0.1, 0.15) is 5.41 Å². The Morgan fingerprint density at radius 3 is 1.35 bits per heavy atom. The number of rotatable bonds is 8. The van der Waals surface area contributed by atoms with Crippen molar-refractivity contribution in [1.29, 1.82) is 0 Å². The van der Waals surface area contributed by atoms with Gasteiger partial charge in [0.2, 0.25) is 0 Å². The molecule has 360 valence electrons. The average molecular weight is 937 g/mol. The summed E-state index contributed by atoms with van der Waals surface area (Å²) in [7, 11) is 1.85. The van der Waals surface area contributed by atoms with Crippen LogP contribution in [0.2, 0.25) is 0 Å². The molecule has 2 fully saturated rings. The number of carbonyl (C=O) groups excluding carboxylic acids is 2. The molecule has 1 atom stereocenters. The molecule has 0 spiro atoms. The SMILES string of the molecule is CNc1ccc2c(=C3CC(C)(C)N(O)C(C)(C)C3)c3cc(NC(=O)c4ccc(C(C)(c5ccc(C(=O)O)c(C(C)=O)c5)C(F)(F)F)cc4C(=O)O)ccc3c(=C3CC(C)(C)N(O)C(C)(C)C3)c2c1. The number of hydrogen-bond donors (Lipinski definition) is 6. The van der Waals surface area contributed by atoms with E-state index in [1.165, 1.54) is 10.1 Å². The zero-order valence-electron chi connectivity index (χ0n) is 40.2. The van der Waals surface area contributed by atoms with Crippen molar-refractivity contribution in [1.82, 2.24) is 10.1 Å². The molecule has 2 heterocycles. The number of Topliss-reactive ketones (excluding diaryl/α,β-unsaturated/α-hetero) is 1. The van der Waals surface area contributed by atoms with Crippen LogP contribution in [0.15, 0.2) is 72.8 Å². The van der Waals surface area contributed by atoms with E-state index in [1.54, 1.807) is 6.07 Å². The fourth-order valence-corrected chi connectivity index (χ4v) is 11.0. The van der Waals surface area contributed by atoms with Crippen LogP contribution in [0.3, 0.4) is 0 Å². The summed E-state index contributed by atoms with van der Waals surface area (Å²) in [4.78, 5) is 51.4. The number of amides is 1. The number of carbonyl (C=O) groups is 4. The smallest absolute Gasteiger partial charge is 0.402 e. The minimum atomic E-state index is -5.08. The zero-order chi connectivity index (χ0) is 50.4. The van der Waals surface area contributed by atoms with Gasteiger partial charge in [-0.15, -0.1) is 0 Å². The monoisotopic (exact) mass is 936 g/mol. The maximum atomic E-state index is 15.3. The first-order valence-electron chi connectivity index (χ1n) is 22.4. The lowest BCUT2D eigenvalue weighted by atomic mass is 9.73. The molecule has 5 aromatic rings. The second-order valence-electron chi connectivity index (χ2n) is 21.1. The largest absolute Gasteiger partial charge is 0.478 e. The molecular weight excluding hydrogens is 878 g/mol. The first-order valence-corrected chi connectivity index (χ1v) is 22.4. The molecule has 12 nitrogen and oxygen atoms in total. The Labute approximate surface area is 392 Å². The molecule has 1 unspecified atom stereocenters. The first-order chi connectivity index (χ1) is 31.4. The Hall–Kier alpha value is -6.13. The molecule has 0 aromatic heterocycles. The summed E-state index contributed by atoms with van der Waals surface area (Å²) >= 11 is 0. The highest BCUT2D eigenvalue weighted by Crippen LogP contribution is 2.48. The van der Waals surface area contributed by atoms with Gasteiger partial charge in [-0.05, 0) is 187 Å². The highest BCUT2D eigenvalue weighted by atomic mass is 19.4. The van der Waals surface area contributed by atoms with E-state index >= 15 is 13.2 Å². The third kappa shape index (κ3) is 8.43. The van der Waals surface area contributed by atoms with Crippen LogP contribution >= 0.6 is 0 Å². The fraction of sp³-hybridized carbons (Fsp3) is 0.396. The number of nitrogens with one attached hydrogen (secondary N) is 2. The van der Waals surface area contributed by atoms with Crippen molar-refractivity contribution >= 4 is 67.7 Å². The third-order valence-corrected chi connectivity index (χ3v) is 14.1. The molecule has 1 amide bonds. The van der Waals surface area contributed by atoms with Crippen LogP contribution in [0.5, 0.6) is 0 Å². The summed E-state index contributed by atoms with van der Waals surface area (Å²) in [6.45, 7) is 17.7. The number of hydrogen-bond acceptors (Lipinski definition) is 9. The molecule has 15 heteroatoms. The quantitative estimate of drug-likeness (QED) is 0.0644. The van der Waals surface area contributed by atoms with Crippen molar-refractivity contribution in [2.24, 2.45) is 0 Å². The Bertz CT molecular complexity index is 3060. The summed E-state index contributed by atoms with van der Waals surface area (Å²) in [5, 5.41) is 57.2. The zero-order valence-corrected chi connectivity index (χ0v) is 40.2. The van der Waals surface area contributed by atoms with Gasteiger partial charge in [-0.2, -0.15) is 23.3 Å². The van der Waals surface area contributed by atoms with Crippen LogP contribution in [-0.2, 0) is 5.41 Å². The van der Waals surface area contributed by atoms with E-state index in [1.807, 2.05) is 80.6 Å². The molecule has 0 bridgehead atoms. The predicted octanol–water partition coefficient (Wildman–Crippen LogP) is 10.1. The Morgan fingerprint density at radius 1 is 0.559 bits per heavy atom. The number of aromatic carboxylic acids is 2. The summed E-state index contributed by atoms with van der Waals surface area (Å²) in [5.41, 5.74) is -5.38. The molecule has 0 saturated carbocycles. The number of alkyl halides is 3. The number of ketones is 1. The normalized spacial score (nSPS) is 19.1. The lowest BCUT2D eigenvalue weighted by Crippen LogP contribution is -2.57. The summed E-state index contributed by atoms with van der Waals surface area (Å²) < 4.78 is 45.8. The van der Waals surface area contributed by atoms with Gasteiger partial charge >= 0.3 is 18.1 Å². The lowest BCUT2D eigenvalue weighted by molar-refractivity contribution is -0.228. The van der Waals surface area contributed by atoms with E-state index in [-0.39, 0.29) is 5.69 Å². The lowest BCUT2D eigenvalue weighted by Gasteiger charge is -2.50. The van der Waals surface area contributed by atoms with Crippen LogP contribution in [0, 0.1) is 0 Å². The topological polar surface area (TPSA) is 180 Å². The van der Waals surface area contributed by atoms with Crippen LogP contribution in [0.4, 0.5) is 24.5 Å². The van der Waals surface area contributed by atoms with Gasteiger partial charge in [0.15, 0.2) is 5.78 Å². The molecule has 2 saturated heterocycles. The van der Waals surface area contributed by atoms with E-state index in [2.05, 4.69) is 22.8 Å². The molecule has 6 N–H and O–H groups in total. The number of hydroxylamine groups is 4. The highest BCUT2D eigenvalue weighted by Gasteiger charge is 2.54. The van der Waals surface area contributed by atoms with Gasteiger partial charge in [0.05, 0.1) is 16.7 Å². The van der Waals surface area contributed by atoms with Crippen molar-refractivity contribution in [3.05, 3.63) is 117 Å². The number of fused-ring (bicyclic) bond motifs is 2. The van der Waals surface area contributed by atoms with Crippen molar-refractivity contribution in [2.45, 2.75) is 129 Å². The average Bonchev–Trinajstić information content (AvgIpc) is 3.24. The van der Waals surface area contributed by atoms with Gasteiger partial charge in [-0.3, -0.25) is 9.59 Å². The summed E-state index contributed by atoms with van der Waals surface area (Å²) in [6, 6.07) is 17.1. The second kappa shape index (κ2) is 16.8. The number of halogens is 3. The number of anilines is 2. The van der Waals surface area contributed by atoms with E-state index < -0.39 is 90.8 Å².